The van der Waals surface area contributed by atoms with E-state index in [0.717, 1.165) is 19.6 Å². The highest BCUT2D eigenvalue weighted by molar-refractivity contribution is 6.31. The summed E-state index contributed by atoms with van der Waals surface area (Å²) in [6.45, 7) is 3.53. The first-order valence-corrected chi connectivity index (χ1v) is 15.7. The maximum Gasteiger partial charge on any atom is 0.248 e. The van der Waals surface area contributed by atoms with Gasteiger partial charge in [-0.1, -0.05) is 43.4 Å². The van der Waals surface area contributed by atoms with E-state index in [0.29, 0.717) is 51.8 Å². The second-order valence-corrected chi connectivity index (χ2v) is 12.6. The molecule has 42 heavy (non-hydrogen) atoms. The van der Waals surface area contributed by atoms with E-state index in [1.807, 2.05) is 18.2 Å². The lowest BCUT2D eigenvalue weighted by Gasteiger charge is -2.50. The summed E-state index contributed by atoms with van der Waals surface area (Å²) in [5, 5.41) is 6.97. The molecular formula is C33H39ClFN5O2. The number of nitrogens with one attached hydrogen (secondary N) is 2. The lowest BCUT2D eigenvalue weighted by Crippen LogP contribution is -2.41. The van der Waals surface area contributed by atoms with Gasteiger partial charge in [0.2, 0.25) is 5.91 Å². The van der Waals surface area contributed by atoms with Gasteiger partial charge < -0.3 is 15.4 Å². The Morgan fingerprint density at radius 3 is 2.64 bits per heavy atom. The van der Waals surface area contributed by atoms with Crippen molar-refractivity contribution in [1.82, 2.24) is 14.9 Å². The van der Waals surface area contributed by atoms with Crippen LogP contribution in [0.1, 0.15) is 64.2 Å². The molecule has 0 unspecified atom stereocenters. The lowest BCUT2D eigenvalue weighted by atomic mass is 9.56. The van der Waals surface area contributed by atoms with Crippen molar-refractivity contribution >= 4 is 45.6 Å². The summed E-state index contributed by atoms with van der Waals surface area (Å²) >= 11 is 6.00. The highest BCUT2D eigenvalue weighted by Crippen LogP contribution is 2.54. The number of carbonyl (C=O) groups excluding carboxylic acids is 1. The van der Waals surface area contributed by atoms with Crippen LogP contribution in [0.25, 0.3) is 10.9 Å². The van der Waals surface area contributed by atoms with Crippen molar-refractivity contribution in [2.24, 2.45) is 11.3 Å². The Bertz CT molecular complexity index is 1440. The number of amides is 1. The Labute approximate surface area is 251 Å². The van der Waals surface area contributed by atoms with Gasteiger partial charge in [-0.3, -0.25) is 9.69 Å². The molecular weight excluding hydrogens is 553 g/mol. The Kier molecular flexibility index (Phi) is 8.91. The topological polar surface area (TPSA) is 79.4 Å². The van der Waals surface area contributed by atoms with Crippen LogP contribution in [0.4, 0.5) is 21.6 Å². The fraction of sp³-hybridized carbons (Fsp3) is 0.485. The van der Waals surface area contributed by atoms with Gasteiger partial charge in [-0.2, -0.15) is 0 Å². The first kappa shape index (κ1) is 28.9. The van der Waals surface area contributed by atoms with Crippen LogP contribution >= 0.6 is 11.6 Å². The van der Waals surface area contributed by atoms with Gasteiger partial charge in [0.05, 0.1) is 22.8 Å². The number of benzene rings is 2. The number of hydrogen-bond donors (Lipinski definition) is 2. The molecule has 1 amide bonds. The fourth-order valence-corrected chi connectivity index (χ4v) is 7.12. The number of piperidine rings is 1. The minimum Gasteiger partial charge on any atom is -0.491 e. The number of hydrogen-bond acceptors (Lipinski definition) is 6. The number of likely N-dealkylation sites (tertiary alicyclic amines) is 1. The highest BCUT2D eigenvalue weighted by atomic mass is 35.5. The average Bonchev–Trinajstić information content (AvgIpc) is 2.98. The van der Waals surface area contributed by atoms with Gasteiger partial charge in [0.1, 0.15) is 23.7 Å². The van der Waals surface area contributed by atoms with Crippen LogP contribution in [0.3, 0.4) is 0 Å². The largest absolute Gasteiger partial charge is 0.491 e. The van der Waals surface area contributed by atoms with E-state index >= 15 is 0 Å². The van der Waals surface area contributed by atoms with Crippen LogP contribution < -0.4 is 15.4 Å². The van der Waals surface area contributed by atoms with E-state index in [4.69, 9.17) is 16.3 Å². The van der Waals surface area contributed by atoms with Crippen molar-refractivity contribution in [2.45, 2.75) is 64.2 Å². The lowest BCUT2D eigenvalue weighted by molar-refractivity contribution is -0.111. The number of rotatable bonds is 9. The standard InChI is InChI=1S/C33H39ClFN5O2/c34-26-16-24(9-10-27(26)35)38-32-25-17-29(39-31(41)8-7-15-40-13-5-2-6-14-40)30(18-28(25)36-22-37-32)42-21-23-19-33(20-23)11-3-1-4-12-33/h7-10,16-18,22-23H,1-6,11-15,19-21H2,(H,39,41)(H,36,37,38)/b8-7+. The molecule has 2 aliphatic carbocycles. The monoisotopic (exact) mass is 591 g/mol. The zero-order valence-corrected chi connectivity index (χ0v) is 24.8. The number of carbonyl (C=O) groups is 1. The Morgan fingerprint density at radius 1 is 1.07 bits per heavy atom. The molecule has 0 bridgehead atoms. The zero-order chi connectivity index (χ0) is 28.9. The zero-order valence-electron chi connectivity index (χ0n) is 24.0. The van der Waals surface area contributed by atoms with Crippen molar-refractivity contribution in [3.63, 3.8) is 0 Å². The summed E-state index contributed by atoms with van der Waals surface area (Å²) in [4.78, 5) is 24.3. The van der Waals surface area contributed by atoms with Gasteiger partial charge in [-0.05, 0) is 87.2 Å². The summed E-state index contributed by atoms with van der Waals surface area (Å²) in [7, 11) is 0. The molecule has 3 fully saturated rings. The first-order valence-electron chi connectivity index (χ1n) is 15.3. The molecule has 9 heteroatoms. The maximum absolute atomic E-state index is 13.7. The summed E-state index contributed by atoms with van der Waals surface area (Å²) in [6, 6.07) is 8.12. The summed E-state index contributed by atoms with van der Waals surface area (Å²) in [6.07, 6.45) is 17.9. The predicted molar refractivity (Wildman–Crippen MR) is 166 cm³/mol. The second-order valence-electron chi connectivity index (χ2n) is 12.2. The summed E-state index contributed by atoms with van der Waals surface area (Å²) in [5.41, 5.74) is 2.36. The predicted octanol–water partition coefficient (Wildman–Crippen LogP) is 7.89. The van der Waals surface area contributed by atoms with Gasteiger partial charge in [-0.15, -0.1) is 0 Å². The third-order valence-corrected chi connectivity index (χ3v) is 9.38. The number of aromatic nitrogens is 2. The number of nitrogens with zero attached hydrogens (tertiary/aromatic N) is 3. The molecule has 0 atom stereocenters. The SMILES string of the molecule is O=C(/C=C/CN1CCCCC1)Nc1cc2c(Nc3ccc(F)c(Cl)c3)ncnc2cc1OCC1CC2(CCCCC2)C1. The van der Waals surface area contributed by atoms with E-state index in [2.05, 4.69) is 25.5 Å². The van der Waals surface area contributed by atoms with Crippen molar-refractivity contribution in [3.8, 4) is 5.75 Å². The van der Waals surface area contributed by atoms with Crippen LogP contribution in [-0.2, 0) is 4.79 Å². The molecule has 2 heterocycles. The second kappa shape index (κ2) is 13.0. The Hall–Kier alpha value is -3.23. The average molecular weight is 592 g/mol. The van der Waals surface area contributed by atoms with Crippen LogP contribution in [0.15, 0.2) is 48.8 Å². The maximum atomic E-state index is 13.7. The van der Waals surface area contributed by atoms with Gasteiger partial charge in [0, 0.05) is 29.8 Å². The van der Waals surface area contributed by atoms with Crippen molar-refractivity contribution < 1.29 is 13.9 Å². The molecule has 1 aliphatic heterocycles. The number of anilines is 3. The molecule has 0 radical (unpaired) electrons. The smallest absolute Gasteiger partial charge is 0.248 e. The summed E-state index contributed by atoms with van der Waals surface area (Å²) < 4.78 is 20.1. The molecule has 2 N–H and O–H groups in total. The van der Waals surface area contributed by atoms with E-state index in [-0.39, 0.29) is 10.9 Å². The van der Waals surface area contributed by atoms with E-state index in [1.54, 1.807) is 12.1 Å². The molecule has 2 aromatic carbocycles. The van der Waals surface area contributed by atoms with Crippen LogP contribution in [-0.4, -0.2) is 47.0 Å². The van der Waals surface area contributed by atoms with Crippen molar-refractivity contribution in [2.75, 3.05) is 36.9 Å². The molecule has 1 spiro atoms. The van der Waals surface area contributed by atoms with Gasteiger partial charge in [0.15, 0.2) is 0 Å². The van der Waals surface area contributed by atoms with E-state index < -0.39 is 5.82 Å². The minimum absolute atomic E-state index is 0.0179. The van der Waals surface area contributed by atoms with Crippen molar-refractivity contribution in [3.05, 3.63) is 59.7 Å². The molecule has 6 rings (SSSR count). The Morgan fingerprint density at radius 2 is 1.86 bits per heavy atom. The van der Waals surface area contributed by atoms with Gasteiger partial charge >= 0.3 is 0 Å². The number of fused-ring (bicyclic) bond motifs is 1. The van der Waals surface area contributed by atoms with Gasteiger partial charge in [0.25, 0.3) is 0 Å². The third kappa shape index (κ3) is 6.87. The minimum atomic E-state index is -0.490. The fourth-order valence-electron chi connectivity index (χ4n) is 6.94. The quantitative estimate of drug-likeness (QED) is 0.246. The molecule has 3 aromatic rings. The molecule has 222 valence electrons. The Balaban J connectivity index is 1.21. The third-order valence-electron chi connectivity index (χ3n) is 9.09. The van der Waals surface area contributed by atoms with Crippen LogP contribution in [0, 0.1) is 17.2 Å². The van der Waals surface area contributed by atoms with E-state index in [1.165, 1.54) is 82.7 Å². The van der Waals surface area contributed by atoms with Crippen LogP contribution in [0.2, 0.25) is 5.02 Å². The molecule has 7 nitrogen and oxygen atoms in total. The summed E-state index contributed by atoms with van der Waals surface area (Å²) in [5.74, 6) is 0.939. The molecule has 1 aromatic heterocycles. The van der Waals surface area contributed by atoms with E-state index in [9.17, 15) is 9.18 Å². The number of halogens is 2. The first-order chi connectivity index (χ1) is 20.5. The van der Waals surface area contributed by atoms with Crippen LogP contribution in [0.5, 0.6) is 5.75 Å². The molecule has 3 aliphatic rings. The highest BCUT2D eigenvalue weighted by Gasteiger charge is 2.44. The number of ether oxygens (including phenoxy) is 1. The molecule has 1 saturated heterocycles. The normalized spacial score (nSPS) is 19.2. The molecule has 2 saturated carbocycles. The van der Waals surface area contributed by atoms with Crippen molar-refractivity contribution in [1.29, 1.82) is 0 Å². The van der Waals surface area contributed by atoms with Gasteiger partial charge in [-0.25, -0.2) is 14.4 Å².